The molecule has 0 saturated heterocycles. The molecule has 1 rings (SSSR count). The minimum Gasteiger partial charge on any atom is -0.494 e. The first kappa shape index (κ1) is 16.6. The van der Waals surface area contributed by atoms with Crippen molar-refractivity contribution in [3.8, 4) is 18.1 Å². The Hall–Kier alpha value is -1.46. The number of terminal acetylenes is 1. The fourth-order valence-electron chi connectivity index (χ4n) is 2.17. The summed E-state index contributed by atoms with van der Waals surface area (Å²) in [5, 5.41) is 3.58. The second kappa shape index (κ2) is 10.3. The Labute approximate surface area is 123 Å². The van der Waals surface area contributed by atoms with E-state index < -0.39 is 0 Å². The minimum absolute atomic E-state index is 0.508. The van der Waals surface area contributed by atoms with Gasteiger partial charge < -0.3 is 10.1 Å². The standard InChI is InChI=1S/C18H27NO/c1-4-6-7-10-17(19-13-5-2)12-14-20-18-11-8-9-16(3)15-18/h1,8-9,11,15,17,19H,5-7,10,12-14H2,2-3H3. The minimum atomic E-state index is 0.508. The average Bonchev–Trinajstić information content (AvgIpc) is 2.44. The molecule has 0 saturated carbocycles. The third-order valence-electron chi connectivity index (χ3n) is 3.28. The zero-order chi connectivity index (χ0) is 14.6. The van der Waals surface area contributed by atoms with Crippen molar-refractivity contribution in [1.82, 2.24) is 5.32 Å². The molecule has 1 aromatic carbocycles. The van der Waals surface area contributed by atoms with Crippen molar-refractivity contribution in [1.29, 1.82) is 0 Å². The summed E-state index contributed by atoms with van der Waals surface area (Å²) >= 11 is 0. The van der Waals surface area contributed by atoms with E-state index in [0.29, 0.717) is 6.04 Å². The summed E-state index contributed by atoms with van der Waals surface area (Å²) in [6.07, 6.45) is 10.6. The molecule has 0 heterocycles. The van der Waals surface area contributed by atoms with Crippen LogP contribution in [0.15, 0.2) is 24.3 Å². The van der Waals surface area contributed by atoms with Crippen LogP contribution in [0.25, 0.3) is 0 Å². The summed E-state index contributed by atoms with van der Waals surface area (Å²) < 4.78 is 5.82. The molecule has 0 radical (unpaired) electrons. The number of rotatable bonds is 10. The van der Waals surface area contributed by atoms with Crippen molar-refractivity contribution in [3.63, 3.8) is 0 Å². The van der Waals surface area contributed by atoms with E-state index in [9.17, 15) is 0 Å². The van der Waals surface area contributed by atoms with E-state index >= 15 is 0 Å². The van der Waals surface area contributed by atoms with Crippen molar-refractivity contribution < 1.29 is 4.74 Å². The SMILES string of the molecule is C#CCCCC(CCOc1cccc(C)c1)NCCC. The van der Waals surface area contributed by atoms with Crippen molar-refractivity contribution in [2.45, 2.75) is 52.0 Å². The molecule has 0 aliphatic rings. The number of unbranched alkanes of at least 4 members (excludes halogenated alkanes) is 1. The van der Waals surface area contributed by atoms with Crippen LogP contribution in [0.4, 0.5) is 0 Å². The number of ether oxygens (including phenoxy) is 1. The molecule has 0 aromatic heterocycles. The predicted molar refractivity (Wildman–Crippen MR) is 86.1 cm³/mol. The second-order valence-corrected chi connectivity index (χ2v) is 5.20. The van der Waals surface area contributed by atoms with Gasteiger partial charge in [0.25, 0.3) is 0 Å². The van der Waals surface area contributed by atoms with Crippen LogP contribution in [0, 0.1) is 19.3 Å². The fraction of sp³-hybridized carbons (Fsp3) is 0.556. The Morgan fingerprint density at radius 2 is 2.20 bits per heavy atom. The van der Waals surface area contributed by atoms with Gasteiger partial charge in [-0.25, -0.2) is 0 Å². The lowest BCUT2D eigenvalue weighted by molar-refractivity contribution is 0.279. The van der Waals surface area contributed by atoms with Gasteiger partial charge >= 0.3 is 0 Å². The summed E-state index contributed by atoms with van der Waals surface area (Å²) in [7, 11) is 0. The van der Waals surface area contributed by atoms with Gasteiger partial charge in [0.2, 0.25) is 0 Å². The normalized spacial score (nSPS) is 11.8. The Balaban J connectivity index is 2.31. The number of benzene rings is 1. The van der Waals surface area contributed by atoms with Crippen molar-refractivity contribution in [2.75, 3.05) is 13.2 Å². The van der Waals surface area contributed by atoms with Gasteiger partial charge in [-0.3, -0.25) is 0 Å². The largest absolute Gasteiger partial charge is 0.494 e. The summed E-state index contributed by atoms with van der Waals surface area (Å²) in [4.78, 5) is 0. The van der Waals surface area contributed by atoms with Crippen LogP contribution in [0.2, 0.25) is 0 Å². The monoisotopic (exact) mass is 273 g/mol. The molecule has 1 aromatic rings. The maximum atomic E-state index is 5.82. The highest BCUT2D eigenvalue weighted by atomic mass is 16.5. The smallest absolute Gasteiger partial charge is 0.119 e. The van der Waals surface area contributed by atoms with E-state index in [1.165, 1.54) is 5.56 Å². The summed E-state index contributed by atoms with van der Waals surface area (Å²) in [5.74, 6) is 3.67. The second-order valence-electron chi connectivity index (χ2n) is 5.20. The van der Waals surface area contributed by atoms with Crippen molar-refractivity contribution >= 4 is 0 Å². The van der Waals surface area contributed by atoms with Crippen LogP contribution in [-0.2, 0) is 0 Å². The molecule has 0 aliphatic heterocycles. The van der Waals surface area contributed by atoms with E-state index in [1.807, 2.05) is 12.1 Å². The van der Waals surface area contributed by atoms with E-state index in [-0.39, 0.29) is 0 Å². The highest BCUT2D eigenvalue weighted by Crippen LogP contribution is 2.13. The zero-order valence-corrected chi connectivity index (χ0v) is 12.8. The number of nitrogens with one attached hydrogen (secondary N) is 1. The molecule has 0 fully saturated rings. The number of aryl methyl sites for hydroxylation is 1. The van der Waals surface area contributed by atoms with Gasteiger partial charge in [-0.1, -0.05) is 19.1 Å². The van der Waals surface area contributed by atoms with Gasteiger partial charge in [-0.15, -0.1) is 12.3 Å². The molecule has 0 aliphatic carbocycles. The van der Waals surface area contributed by atoms with E-state index in [0.717, 1.165) is 51.0 Å². The molecule has 0 amide bonds. The van der Waals surface area contributed by atoms with Gasteiger partial charge in [0, 0.05) is 12.5 Å². The molecule has 2 nitrogen and oxygen atoms in total. The van der Waals surface area contributed by atoms with Crippen LogP contribution in [-0.4, -0.2) is 19.2 Å². The van der Waals surface area contributed by atoms with Crippen LogP contribution in [0.3, 0.4) is 0 Å². The molecule has 20 heavy (non-hydrogen) atoms. The van der Waals surface area contributed by atoms with Crippen molar-refractivity contribution in [2.24, 2.45) is 0 Å². The molecule has 110 valence electrons. The molecule has 1 unspecified atom stereocenters. The van der Waals surface area contributed by atoms with Crippen LogP contribution < -0.4 is 10.1 Å². The average molecular weight is 273 g/mol. The van der Waals surface area contributed by atoms with Crippen LogP contribution in [0.5, 0.6) is 5.75 Å². The Morgan fingerprint density at radius 1 is 1.35 bits per heavy atom. The molecule has 0 spiro atoms. The van der Waals surface area contributed by atoms with Crippen LogP contribution in [0.1, 0.15) is 44.6 Å². The highest BCUT2D eigenvalue weighted by molar-refractivity contribution is 5.27. The third-order valence-corrected chi connectivity index (χ3v) is 3.28. The molecular formula is C18H27NO. The van der Waals surface area contributed by atoms with Crippen LogP contribution >= 0.6 is 0 Å². The number of hydrogen-bond acceptors (Lipinski definition) is 2. The maximum absolute atomic E-state index is 5.82. The summed E-state index contributed by atoms with van der Waals surface area (Å²) in [5.41, 5.74) is 1.23. The first-order valence-electron chi connectivity index (χ1n) is 7.62. The lowest BCUT2D eigenvalue weighted by atomic mass is 10.1. The number of hydrogen-bond donors (Lipinski definition) is 1. The molecular weight excluding hydrogens is 246 g/mol. The van der Waals surface area contributed by atoms with Gasteiger partial charge in [0.15, 0.2) is 0 Å². The maximum Gasteiger partial charge on any atom is 0.119 e. The molecule has 1 atom stereocenters. The quantitative estimate of drug-likeness (QED) is 0.515. The van der Waals surface area contributed by atoms with Gasteiger partial charge in [0.1, 0.15) is 5.75 Å². The van der Waals surface area contributed by atoms with Crippen molar-refractivity contribution in [3.05, 3.63) is 29.8 Å². The zero-order valence-electron chi connectivity index (χ0n) is 12.8. The van der Waals surface area contributed by atoms with Gasteiger partial charge in [-0.05, 0) is 56.8 Å². The predicted octanol–water partition coefficient (Wildman–Crippen LogP) is 3.94. The Kier molecular flexibility index (Phi) is 8.58. The molecule has 2 heteroatoms. The molecule has 0 bridgehead atoms. The summed E-state index contributed by atoms with van der Waals surface area (Å²) in [6, 6.07) is 8.71. The topological polar surface area (TPSA) is 21.3 Å². The first-order chi connectivity index (χ1) is 9.76. The van der Waals surface area contributed by atoms with Gasteiger partial charge in [-0.2, -0.15) is 0 Å². The van der Waals surface area contributed by atoms with E-state index in [2.05, 4.69) is 37.2 Å². The fourth-order valence-corrected chi connectivity index (χ4v) is 2.17. The lowest BCUT2D eigenvalue weighted by Crippen LogP contribution is -2.31. The lowest BCUT2D eigenvalue weighted by Gasteiger charge is -2.18. The molecule has 1 N–H and O–H groups in total. The Bertz CT molecular complexity index is 408. The van der Waals surface area contributed by atoms with E-state index in [4.69, 9.17) is 11.2 Å². The van der Waals surface area contributed by atoms with E-state index in [1.54, 1.807) is 0 Å². The van der Waals surface area contributed by atoms with Gasteiger partial charge in [0.05, 0.1) is 6.61 Å². The highest BCUT2D eigenvalue weighted by Gasteiger charge is 2.07. The third kappa shape index (κ3) is 7.21. The first-order valence-corrected chi connectivity index (χ1v) is 7.62. The summed E-state index contributed by atoms with van der Waals surface area (Å²) in [6.45, 7) is 6.08. The Morgan fingerprint density at radius 3 is 2.90 bits per heavy atom.